The van der Waals surface area contributed by atoms with E-state index >= 15 is 0 Å². The number of amides is 2. The van der Waals surface area contributed by atoms with E-state index < -0.39 is 6.10 Å². The fourth-order valence-electron chi connectivity index (χ4n) is 2.79. The molecular formula is C17H26N2O2. The first-order valence-electron chi connectivity index (χ1n) is 7.87. The Hall–Kier alpha value is -1.55. The Morgan fingerprint density at radius 1 is 1.24 bits per heavy atom. The van der Waals surface area contributed by atoms with Crippen LogP contribution in [0.15, 0.2) is 24.3 Å². The molecule has 1 fully saturated rings. The Morgan fingerprint density at radius 2 is 1.86 bits per heavy atom. The van der Waals surface area contributed by atoms with Crippen molar-refractivity contribution in [1.82, 2.24) is 5.32 Å². The lowest BCUT2D eigenvalue weighted by molar-refractivity contribution is 0.199. The Bertz CT molecular complexity index is 448. The predicted molar refractivity (Wildman–Crippen MR) is 85.2 cm³/mol. The van der Waals surface area contributed by atoms with Crippen LogP contribution in [0.4, 0.5) is 10.5 Å². The number of hydrogen-bond acceptors (Lipinski definition) is 2. The quantitative estimate of drug-likeness (QED) is 0.792. The molecule has 0 aromatic heterocycles. The SMILES string of the molecule is CC1CCC(CNC(=O)Nc2ccc(C(C)O)cc2)CC1. The largest absolute Gasteiger partial charge is 0.389 e. The van der Waals surface area contributed by atoms with Crippen molar-refractivity contribution in [2.24, 2.45) is 11.8 Å². The highest BCUT2D eigenvalue weighted by Gasteiger charge is 2.18. The van der Waals surface area contributed by atoms with E-state index in [9.17, 15) is 9.90 Å². The summed E-state index contributed by atoms with van der Waals surface area (Å²) in [5, 5.41) is 15.2. The summed E-state index contributed by atoms with van der Waals surface area (Å²) in [6, 6.07) is 7.11. The van der Waals surface area contributed by atoms with Crippen LogP contribution in [0.5, 0.6) is 0 Å². The Morgan fingerprint density at radius 3 is 2.43 bits per heavy atom. The predicted octanol–water partition coefficient (Wildman–Crippen LogP) is 3.69. The number of urea groups is 1. The summed E-state index contributed by atoms with van der Waals surface area (Å²) < 4.78 is 0. The van der Waals surface area contributed by atoms with Gasteiger partial charge < -0.3 is 15.7 Å². The lowest BCUT2D eigenvalue weighted by atomic mass is 9.83. The minimum atomic E-state index is -0.485. The van der Waals surface area contributed by atoms with Crippen molar-refractivity contribution in [3.63, 3.8) is 0 Å². The Kier molecular flexibility index (Phi) is 5.62. The van der Waals surface area contributed by atoms with E-state index in [1.165, 1.54) is 25.7 Å². The molecule has 1 unspecified atom stereocenters. The normalized spacial score (nSPS) is 23.4. The third-order valence-electron chi connectivity index (χ3n) is 4.34. The van der Waals surface area contributed by atoms with Gasteiger partial charge in [-0.3, -0.25) is 0 Å². The van der Waals surface area contributed by atoms with Gasteiger partial charge in [0.1, 0.15) is 0 Å². The van der Waals surface area contributed by atoms with Gasteiger partial charge in [0.15, 0.2) is 0 Å². The summed E-state index contributed by atoms with van der Waals surface area (Å²) in [6.07, 6.45) is 4.49. The molecule has 2 amide bonds. The fraction of sp³-hybridized carbons (Fsp3) is 0.588. The first-order valence-corrected chi connectivity index (χ1v) is 7.87. The monoisotopic (exact) mass is 290 g/mol. The molecule has 3 N–H and O–H groups in total. The van der Waals surface area contributed by atoms with Crippen molar-refractivity contribution in [2.75, 3.05) is 11.9 Å². The van der Waals surface area contributed by atoms with Crippen LogP contribution in [-0.4, -0.2) is 17.7 Å². The molecule has 0 heterocycles. The van der Waals surface area contributed by atoms with E-state index in [0.717, 1.165) is 23.7 Å². The smallest absolute Gasteiger partial charge is 0.319 e. The standard InChI is InChI=1S/C17H26N2O2/c1-12-3-5-14(6-4-12)11-18-17(21)19-16-9-7-15(8-10-16)13(2)20/h7-10,12-14,20H,3-6,11H2,1-2H3,(H2,18,19,21). The summed E-state index contributed by atoms with van der Waals surface area (Å²) in [4.78, 5) is 11.9. The van der Waals surface area contributed by atoms with Crippen molar-refractivity contribution in [1.29, 1.82) is 0 Å². The van der Waals surface area contributed by atoms with Crippen molar-refractivity contribution >= 4 is 11.7 Å². The highest BCUT2D eigenvalue weighted by atomic mass is 16.3. The van der Waals surface area contributed by atoms with E-state index in [1.807, 2.05) is 24.3 Å². The second-order valence-corrected chi connectivity index (χ2v) is 6.26. The van der Waals surface area contributed by atoms with Gasteiger partial charge in [0.05, 0.1) is 6.10 Å². The zero-order valence-electron chi connectivity index (χ0n) is 12.9. The second-order valence-electron chi connectivity index (χ2n) is 6.26. The number of aliphatic hydroxyl groups excluding tert-OH is 1. The fourth-order valence-corrected chi connectivity index (χ4v) is 2.79. The second kappa shape index (κ2) is 7.46. The molecular weight excluding hydrogens is 264 g/mol. The van der Waals surface area contributed by atoms with Crippen LogP contribution < -0.4 is 10.6 Å². The average Bonchev–Trinajstić information content (AvgIpc) is 2.47. The molecule has 0 saturated heterocycles. The number of aliphatic hydroxyl groups is 1. The van der Waals surface area contributed by atoms with Crippen LogP contribution in [0.2, 0.25) is 0 Å². The van der Waals surface area contributed by atoms with Gasteiger partial charge in [-0.25, -0.2) is 4.79 Å². The number of nitrogens with one attached hydrogen (secondary N) is 2. The number of benzene rings is 1. The zero-order valence-corrected chi connectivity index (χ0v) is 12.9. The molecule has 21 heavy (non-hydrogen) atoms. The molecule has 2 rings (SSSR count). The molecule has 4 heteroatoms. The van der Waals surface area contributed by atoms with E-state index in [1.54, 1.807) is 6.92 Å². The summed E-state index contributed by atoms with van der Waals surface area (Å²) in [5.74, 6) is 1.45. The lowest BCUT2D eigenvalue weighted by Gasteiger charge is -2.26. The minimum absolute atomic E-state index is 0.154. The van der Waals surface area contributed by atoms with Gasteiger partial charge in [-0.2, -0.15) is 0 Å². The van der Waals surface area contributed by atoms with Crippen LogP contribution in [-0.2, 0) is 0 Å². The zero-order chi connectivity index (χ0) is 15.2. The number of carbonyl (C=O) groups excluding carboxylic acids is 1. The number of carbonyl (C=O) groups is 1. The molecule has 1 aliphatic carbocycles. The van der Waals surface area contributed by atoms with Crippen LogP contribution in [0.1, 0.15) is 51.2 Å². The molecule has 4 nitrogen and oxygen atoms in total. The molecule has 1 aromatic carbocycles. The van der Waals surface area contributed by atoms with Crippen LogP contribution in [0.25, 0.3) is 0 Å². The van der Waals surface area contributed by atoms with Crippen molar-refractivity contribution in [3.8, 4) is 0 Å². The van der Waals surface area contributed by atoms with E-state index in [0.29, 0.717) is 5.92 Å². The molecule has 1 atom stereocenters. The van der Waals surface area contributed by atoms with Crippen LogP contribution >= 0.6 is 0 Å². The molecule has 1 aliphatic rings. The van der Waals surface area contributed by atoms with E-state index in [2.05, 4.69) is 17.6 Å². The van der Waals surface area contributed by atoms with Crippen LogP contribution in [0, 0.1) is 11.8 Å². The Labute approximate surface area is 126 Å². The molecule has 0 radical (unpaired) electrons. The summed E-state index contributed by atoms with van der Waals surface area (Å²) in [6.45, 7) is 4.78. The van der Waals surface area contributed by atoms with E-state index in [4.69, 9.17) is 0 Å². The molecule has 116 valence electrons. The van der Waals surface area contributed by atoms with Crippen molar-refractivity contribution in [2.45, 2.75) is 45.6 Å². The minimum Gasteiger partial charge on any atom is -0.389 e. The summed E-state index contributed by atoms with van der Waals surface area (Å²) >= 11 is 0. The third kappa shape index (κ3) is 5.05. The maximum absolute atomic E-state index is 11.9. The molecule has 0 aliphatic heterocycles. The summed E-state index contributed by atoms with van der Waals surface area (Å²) in [5.41, 5.74) is 1.59. The van der Waals surface area contributed by atoms with Gasteiger partial charge in [0, 0.05) is 12.2 Å². The maximum Gasteiger partial charge on any atom is 0.319 e. The van der Waals surface area contributed by atoms with Gasteiger partial charge in [-0.1, -0.05) is 31.9 Å². The van der Waals surface area contributed by atoms with Gasteiger partial charge in [0.2, 0.25) is 0 Å². The highest BCUT2D eigenvalue weighted by Crippen LogP contribution is 2.27. The lowest BCUT2D eigenvalue weighted by Crippen LogP contribution is -2.34. The molecule has 1 saturated carbocycles. The average molecular weight is 290 g/mol. The number of rotatable bonds is 4. The van der Waals surface area contributed by atoms with E-state index in [-0.39, 0.29) is 6.03 Å². The first-order chi connectivity index (χ1) is 10.0. The van der Waals surface area contributed by atoms with Gasteiger partial charge in [-0.05, 0) is 49.3 Å². The van der Waals surface area contributed by atoms with Gasteiger partial charge >= 0.3 is 6.03 Å². The first kappa shape index (κ1) is 15.8. The van der Waals surface area contributed by atoms with Gasteiger partial charge in [0.25, 0.3) is 0 Å². The number of hydrogen-bond donors (Lipinski definition) is 3. The number of anilines is 1. The van der Waals surface area contributed by atoms with Crippen molar-refractivity contribution < 1.29 is 9.90 Å². The maximum atomic E-state index is 11.9. The van der Waals surface area contributed by atoms with Gasteiger partial charge in [-0.15, -0.1) is 0 Å². The Balaban J connectivity index is 1.74. The summed E-state index contributed by atoms with van der Waals surface area (Å²) in [7, 11) is 0. The third-order valence-corrected chi connectivity index (χ3v) is 4.34. The topological polar surface area (TPSA) is 61.4 Å². The molecule has 0 bridgehead atoms. The van der Waals surface area contributed by atoms with Crippen molar-refractivity contribution in [3.05, 3.63) is 29.8 Å². The molecule has 1 aromatic rings. The highest BCUT2D eigenvalue weighted by molar-refractivity contribution is 5.89. The molecule has 0 spiro atoms. The van der Waals surface area contributed by atoms with Crippen LogP contribution in [0.3, 0.4) is 0 Å².